The van der Waals surface area contributed by atoms with E-state index >= 15 is 0 Å². The molecule has 0 aromatic carbocycles. The molecule has 0 bridgehead atoms. The fourth-order valence-corrected chi connectivity index (χ4v) is 2.58. The quantitative estimate of drug-likeness (QED) is 0.786. The van der Waals surface area contributed by atoms with E-state index in [9.17, 15) is 8.78 Å². The average Bonchev–Trinajstić information content (AvgIpc) is 2.44. The number of alkyl halides is 2. The van der Waals surface area contributed by atoms with Crippen LogP contribution >= 0.6 is 0 Å². The zero-order valence-electron chi connectivity index (χ0n) is 10.4. The molecule has 0 aliphatic carbocycles. The summed E-state index contributed by atoms with van der Waals surface area (Å²) >= 11 is 0. The fourth-order valence-electron chi connectivity index (χ4n) is 2.58. The van der Waals surface area contributed by atoms with E-state index in [-0.39, 0.29) is 0 Å². The van der Waals surface area contributed by atoms with Gasteiger partial charge in [0.25, 0.3) is 6.43 Å². The van der Waals surface area contributed by atoms with E-state index in [1.807, 2.05) is 6.92 Å². The molecule has 1 atom stereocenters. The van der Waals surface area contributed by atoms with Crippen LogP contribution in [0.1, 0.15) is 39.5 Å². The van der Waals surface area contributed by atoms with Gasteiger partial charge < -0.3 is 10.2 Å². The zero-order chi connectivity index (χ0) is 12.0. The van der Waals surface area contributed by atoms with Crippen molar-refractivity contribution in [1.29, 1.82) is 0 Å². The standard InChI is InChI=1S/C12H24F2N2/c1-3-8-16-9-5-6-12(7-10-16,11(13)14)15-4-2/h11,15H,3-10H2,1-2H3. The normalized spacial score (nSPS) is 28.3. The molecule has 16 heavy (non-hydrogen) atoms. The average molecular weight is 234 g/mol. The van der Waals surface area contributed by atoms with Crippen molar-refractivity contribution in [2.45, 2.75) is 51.5 Å². The lowest BCUT2D eigenvalue weighted by Gasteiger charge is -2.33. The molecule has 0 aromatic heterocycles. The first kappa shape index (κ1) is 13.8. The number of rotatable bonds is 5. The molecule has 2 nitrogen and oxygen atoms in total. The second kappa shape index (κ2) is 6.50. The van der Waals surface area contributed by atoms with E-state index in [0.29, 0.717) is 19.4 Å². The van der Waals surface area contributed by atoms with Gasteiger partial charge in [-0.2, -0.15) is 0 Å². The van der Waals surface area contributed by atoms with Crippen LogP contribution in [-0.4, -0.2) is 43.0 Å². The SMILES string of the molecule is CCCN1CCCC(NCC)(C(F)F)CC1. The van der Waals surface area contributed by atoms with E-state index in [4.69, 9.17) is 0 Å². The molecular weight excluding hydrogens is 210 g/mol. The van der Waals surface area contributed by atoms with Crippen LogP contribution in [0, 0.1) is 0 Å². The highest BCUT2D eigenvalue weighted by Gasteiger charge is 2.40. The smallest absolute Gasteiger partial charge is 0.256 e. The van der Waals surface area contributed by atoms with E-state index in [1.54, 1.807) is 0 Å². The lowest BCUT2D eigenvalue weighted by molar-refractivity contribution is 0.0212. The second-order valence-electron chi connectivity index (χ2n) is 4.68. The van der Waals surface area contributed by atoms with Gasteiger partial charge in [-0.3, -0.25) is 0 Å². The van der Waals surface area contributed by atoms with E-state index in [0.717, 1.165) is 32.5 Å². The third kappa shape index (κ3) is 3.39. The summed E-state index contributed by atoms with van der Waals surface area (Å²) in [6.45, 7) is 7.46. The summed E-state index contributed by atoms with van der Waals surface area (Å²) in [6.07, 6.45) is 0.881. The largest absolute Gasteiger partial charge is 0.307 e. The minimum Gasteiger partial charge on any atom is -0.307 e. The highest BCUT2D eigenvalue weighted by atomic mass is 19.3. The monoisotopic (exact) mass is 234 g/mol. The predicted octanol–water partition coefficient (Wildman–Crippen LogP) is 2.50. The molecule has 1 fully saturated rings. The van der Waals surface area contributed by atoms with Gasteiger partial charge in [0.05, 0.1) is 5.54 Å². The molecule has 4 heteroatoms. The molecule has 1 unspecified atom stereocenters. The number of hydrogen-bond acceptors (Lipinski definition) is 2. The van der Waals surface area contributed by atoms with Crippen LogP contribution in [0.2, 0.25) is 0 Å². The Morgan fingerprint density at radius 1 is 1.25 bits per heavy atom. The van der Waals surface area contributed by atoms with Crippen LogP contribution in [0.5, 0.6) is 0 Å². The van der Waals surface area contributed by atoms with E-state index < -0.39 is 12.0 Å². The number of hydrogen-bond donors (Lipinski definition) is 1. The van der Waals surface area contributed by atoms with E-state index in [1.165, 1.54) is 0 Å². The van der Waals surface area contributed by atoms with Crippen molar-refractivity contribution in [2.75, 3.05) is 26.2 Å². The van der Waals surface area contributed by atoms with Crippen molar-refractivity contribution in [3.8, 4) is 0 Å². The summed E-state index contributed by atoms with van der Waals surface area (Å²) in [4.78, 5) is 2.31. The highest BCUT2D eigenvalue weighted by molar-refractivity contribution is 4.93. The van der Waals surface area contributed by atoms with E-state index in [2.05, 4.69) is 17.1 Å². The van der Waals surface area contributed by atoms with Gasteiger partial charge in [0.2, 0.25) is 0 Å². The fraction of sp³-hybridized carbons (Fsp3) is 1.00. The van der Waals surface area contributed by atoms with Crippen molar-refractivity contribution < 1.29 is 8.78 Å². The molecule has 0 radical (unpaired) electrons. The van der Waals surface area contributed by atoms with Crippen LogP contribution in [0.15, 0.2) is 0 Å². The summed E-state index contributed by atoms with van der Waals surface area (Å²) in [5, 5.41) is 3.02. The first-order valence-corrected chi connectivity index (χ1v) is 6.40. The molecule has 1 aliphatic heterocycles. The Bertz CT molecular complexity index is 199. The molecule has 1 N–H and O–H groups in total. The molecule has 96 valence electrons. The molecule has 0 saturated carbocycles. The first-order chi connectivity index (χ1) is 7.64. The minimum atomic E-state index is -2.26. The number of nitrogens with zero attached hydrogens (tertiary/aromatic N) is 1. The Labute approximate surface area is 97.4 Å². The third-order valence-corrected chi connectivity index (χ3v) is 3.46. The minimum absolute atomic E-state index is 0.568. The topological polar surface area (TPSA) is 15.3 Å². The summed E-state index contributed by atoms with van der Waals surface area (Å²) < 4.78 is 26.4. The van der Waals surface area contributed by atoms with Gasteiger partial charge in [-0.1, -0.05) is 13.8 Å². The first-order valence-electron chi connectivity index (χ1n) is 6.40. The Hall–Kier alpha value is -0.220. The van der Waals surface area contributed by atoms with Gasteiger partial charge in [0, 0.05) is 6.54 Å². The Balaban J connectivity index is 2.59. The number of nitrogens with one attached hydrogen (secondary N) is 1. The molecule has 0 aromatic rings. The Morgan fingerprint density at radius 2 is 2.00 bits per heavy atom. The second-order valence-corrected chi connectivity index (χ2v) is 4.68. The van der Waals surface area contributed by atoms with Crippen molar-refractivity contribution in [3.05, 3.63) is 0 Å². The van der Waals surface area contributed by atoms with Crippen LogP contribution in [0.4, 0.5) is 8.78 Å². The van der Waals surface area contributed by atoms with Crippen LogP contribution < -0.4 is 5.32 Å². The zero-order valence-corrected chi connectivity index (χ0v) is 10.4. The van der Waals surface area contributed by atoms with Gasteiger partial charge in [0.15, 0.2) is 0 Å². The molecule has 1 rings (SSSR count). The molecule has 1 aliphatic rings. The highest BCUT2D eigenvalue weighted by Crippen LogP contribution is 2.28. The summed E-state index contributed by atoms with van der Waals surface area (Å²) in [5.41, 5.74) is -0.933. The molecule has 1 heterocycles. The molecule has 0 amide bonds. The van der Waals surface area contributed by atoms with Crippen LogP contribution in [-0.2, 0) is 0 Å². The van der Waals surface area contributed by atoms with Gasteiger partial charge in [-0.25, -0.2) is 8.78 Å². The molecule has 1 saturated heterocycles. The van der Waals surface area contributed by atoms with Gasteiger partial charge in [-0.15, -0.1) is 0 Å². The summed E-state index contributed by atoms with van der Waals surface area (Å²) in [7, 11) is 0. The van der Waals surface area contributed by atoms with Crippen molar-refractivity contribution in [2.24, 2.45) is 0 Å². The predicted molar refractivity (Wildman–Crippen MR) is 63.0 cm³/mol. The lowest BCUT2D eigenvalue weighted by atomic mass is 9.91. The number of halogens is 2. The third-order valence-electron chi connectivity index (χ3n) is 3.46. The van der Waals surface area contributed by atoms with Crippen LogP contribution in [0.25, 0.3) is 0 Å². The van der Waals surface area contributed by atoms with Crippen molar-refractivity contribution in [3.63, 3.8) is 0 Å². The summed E-state index contributed by atoms with van der Waals surface area (Å²) in [6, 6.07) is 0. The van der Waals surface area contributed by atoms with Gasteiger partial charge in [-0.05, 0) is 45.3 Å². The van der Waals surface area contributed by atoms with Gasteiger partial charge in [0.1, 0.15) is 0 Å². The maximum atomic E-state index is 13.2. The maximum absolute atomic E-state index is 13.2. The van der Waals surface area contributed by atoms with Crippen LogP contribution in [0.3, 0.4) is 0 Å². The number of likely N-dealkylation sites (tertiary alicyclic amines) is 1. The summed E-state index contributed by atoms with van der Waals surface area (Å²) in [5.74, 6) is 0. The lowest BCUT2D eigenvalue weighted by Crippen LogP contribution is -2.51. The maximum Gasteiger partial charge on any atom is 0.256 e. The van der Waals surface area contributed by atoms with Crippen molar-refractivity contribution >= 4 is 0 Å². The Kier molecular flexibility index (Phi) is 5.62. The Morgan fingerprint density at radius 3 is 2.56 bits per heavy atom. The molecule has 0 spiro atoms. The van der Waals surface area contributed by atoms with Gasteiger partial charge >= 0.3 is 0 Å². The van der Waals surface area contributed by atoms with Crippen molar-refractivity contribution in [1.82, 2.24) is 10.2 Å². The molecular formula is C12H24F2N2.